The molecule has 5 N–H and O–H groups in total. The minimum Gasteiger partial charge on any atom is -0.353 e. The van der Waals surface area contributed by atoms with E-state index in [1.54, 1.807) is 0 Å². The van der Waals surface area contributed by atoms with Crippen molar-refractivity contribution in [2.75, 3.05) is 6.54 Å². The van der Waals surface area contributed by atoms with Crippen LogP contribution in [-0.4, -0.2) is 24.0 Å². The molecule has 0 unspecified atom stereocenters. The molecule has 0 aromatic rings. The summed E-state index contributed by atoms with van der Waals surface area (Å²) >= 11 is 0. The molecule has 0 bridgehead atoms. The van der Waals surface area contributed by atoms with Gasteiger partial charge < -0.3 is 16.8 Å². The molecule has 4 nitrogen and oxygen atoms in total. The molecule has 1 fully saturated rings. The maximum absolute atomic E-state index is 11.4. The van der Waals surface area contributed by atoms with E-state index in [4.69, 9.17) is 11.5 Å². The summed E-state index contributed by atoms with van der Waals surface area (Å²) in [6, 6.07) is -0.331. The molecule has 6 heteroatoms. The van der Waals surface area contributed by atoms with Crippen molar-refractivity contribution in [3.8, 4) is 0 Å². The standard InChI is InChI=1S/C9H19N3O.2ClH/c1-9(2,11)5-12-8(13)7(10)6-3-4-6;;/h6-7H,3-5,10-11H2,1-2H3,(H,12,13);2*1H/t7-;;/m0../s1. The summed E-state index contributed by atoms with van der Waals surface area (Å²) < 4.78 is 0. The summed E-state index contributed by atoms with van der Waals surface area (Å²) in [5, 5.41) is 2.75. The predicted octanol–water partition coefficient (Wildman–Crippen LogP) is 0.421. The number of hydrogen-bond acceptors (Lipinski definition) is 3. The van der Waals surface area contributed by atoms with Gasteiger partial charge in [-0.3, -0.25) is 4.79 Å². The Morgan fingerprint density at radius 1 is 1.47 bits per heavy atom. The van der Waals surface area contributed by atoms with Crippen molar-refractivity contribution < 1.29 is 4.79 Å². The largest absolute Gasteiger partial charge is 0.353 e. The van der Waals surface area contributed by atoms with Crippen LogP contribution in [0.25, 0.3) is 0 Å². The van der Waals surface area contributed by atoms with Gasteiger partial charge in [-0.05, 0) is 32.6 Å². The molecule has 1 rings (SSSR count). The van der Waals surface area contributed by atoms with Crippen LogP contribution in [0.15, 0.2) is 0 Å². The summed E-state index contributed by atoms with van der Waals surface area (Å²) in [6.07, 6.45) is 2.17. The van der Waals surface area contributed by atoms with Crippen LogP contribution in [0.5, 0.6) is 0 Å². The Balaban J connectivity index is 0. The van der Waals surface area contributed by atoms with E-state index in [2.05, 4.69) is 5.32 Å². The average Bonchev–Trinajstić information content (AvgIpc) is 2.79. The zero-order valence-electron chi connectivity index (χ0n) is 9.16. The van der Waals surface area contributed by atoms with E-state index in [1.165, 1.54) is 0 Å². The van der Waals surface area contributed by atoms with E-state index in [9.17, 15) is 4.79 Å². The molecule has 1 atom stereocenters. The Kier molecular flexibility index (Phi) is 7.56. The van der Waals surface area contributed by atoms with Crippen LogP contribution >= 0.6 is 24.8 Å². The van der Waals surface area contributed by atoms with Gasteiger partial charge in [0.05, 0.1) is 6.04 Å². The lowest BCUT2D eigenvalue weighted by Crippen LogP contribution is -2.50. The summed E-state index contributed by atoms with van der Waals surface area (Å²) in [5.41, 5.74) is 11.1. The highest BCUT2D eigenvalue weighted by atomic mass is 35.5. The smallest absolute Gasteiger partial charge is 0.237 e. The van der Waals surface area contributed by atoms with Gasteiger partial charge in [-0.1, -0.05) is 0 Å². The van der Waals surface area contributed by atoms with Gasteiger partial charge in [0, 0.05) is 12.1 Å². The second kappa shape index (κ2) is 6.53. The van der Waals surface area contributed by atoms with Gasteiger partial charge in [-0.2, -0.15) is 0 Å². The normalized spacial score (nSPS) is 17.1. The molecule has 0 aliphatic heterocycles. The number of carbonyl (C=O) groups is 1. The maximum Gasteiger partial charge on any atom is 0.237 e. The molecule has 0 spiro atoms. The van der Waals surface area contributed by atoms with Gasteiger partial charge in [0.25, 0.3) is 0 Å². The Morgan fingerprint density at radius 3 is 2.27 bits per heavy atom. The fourth-order valence-electron chi connectivity index (χ4n) is 1.10. The Morgan fingerprint density at radius 2 is 1.93 bits per heavy atom. The van der Waals surface area contributed by atoms with Crippen molar-refractivity contribution in [2.45, 2.75) is 38.3 Å². The molecule has 0 aromatic heterocycles. The lowest BCUT2D eigenvalue weighted by atomic mass is 10.1. The number of nitrogens with one attached hydrogen (secondary N) is 1. The average molecular weight is 258 g/mol. The highest BCUT2D eigenvalue weighted by molar-refractivity contribution is 5.85. The van der Waals surface area contributed by atoms with E-state index in [0.717, 1.165) is 12.8 Å². The molecule has 0 aromatic carbocycles. The number of rotatable bonds is 4. The molecule has 1 aliphatic rings. The molecule has 0 saturated heterocycles. The van der Waals surface area contributed by atoms with E-state index in [1.807, 2.05) is 13.8 Å². The first-order valence-corrected chi connectivity index (χ1v) is 4.72. The quantitative estimate of drug-likeness (QED) is 0.683. The molecular weight excluding hydrogens is 237 g/mol. The van der Waals surface area contributed by atoms with E-state index in [-0.39, 0.29) is 42.3 Å². The van der Waals surface area contributed by atoms with Gasteiger partial charge in [0.1, 0.15) is 0 Å². The molecule has 0 radical (unpaired) electrons. The number of halogens is 2. The fraction of sp³-hybridized carbons (Fsp3) is 0.889. The second-order valence-electron chi connectivity index (χ2n) is 4.57. The molecule has 15 heavy (non-hydrogen) atoms. The second-order valence-corrected chi connectivity index (χ2v) is 4.57. The molecule has 0 heterocycles. The van der Waals surface area contributed by atoms with Crippen LogP contribution in [0.1, 0.15) is 26.7 Å². The summed E-state index contributed by atoms with van der Waals surface area (Å²) in [5.74, 6) is 0.335. The predicted molar refractivity (Wildman–Crippen MR) is 66.5 cm³/mol. The van der Waals surface area contributed by atoms with Crippen molar-refractivity contribution in [1.29, 1.82) is 0 Å². The van der Waals surface area contributed by atoms with Crippen LogP contribution in [0.2, 0.25) is 0 Å². The third-order valence-corrected chi connectivity index (χ3v) is 2.15. The first-order valence-electron chi connectivity index (χ1n) is 4.72. The van der Waals surface area contributed by atoms with Crippen molar-refractivity contribution in [3.05, 3.63) is 0 Å². The maximum atomic E-state index is 11.4. The van der Waals surface area contributed by atoms with Crippen molar-refractivity contribution in [1.82, 2.24) is 5.32 Å². The zero-order chi connectivity index (χ0) is 10.1. The molecule has 1 aliphatic carbocycles. The number of hydrogen-bond donors (Lipinski definition) is 3. The lowest BCUT2D eigenvalue weighted by Gasteiger charge is -2.20. The highest BCUT2D eigenvalue weighted by Gasteiger charge is 2.33. The summed E-state index contributed by atoms with van der Waals surface area (Å²) in [7, 11) is 0. The van der Waals surface area contributed by atoms with Gasteiger partial charge in [0.2, 0.25) is 5.91 Å². The molecule has 1 amide bonds. The van der Waals surface area contributed by atoms with Crippen LogP contribution in [0, 0.1) is 5.92 Å². The minimum absolute atomic E-state index is 0. The Bertz CT molecular complexity index is 202. The zero-order valence-corrected chi connectivity index (χ0v) is 10.8. The van der Waals surface area contributed by atoms with Crippen molar-refractivity contribution in [2.24, 2.45) is 17.4 Å². The van der Waals surface area contributed by atoms with Crippen LogP contribution in [0.3, 0.4) is 0 Å². The molecule has 92 valence electrons. The number of amides is 1. The van der Waals surface area contributed by atoms with Crippen LogP contribution in [0.4, 0.5) is 0 Å². The van der Waals surface area contributed by atoms with E-state index >= 15 is 0 Å². The Labute approximate surface area is 103 Å². The highest BCUT2D eigenvalue weighted by Crippen LogP contribution is 2.31. The van der Waals surface area contributed by atoms with Crippen molar-refractivity contribution in [3.63, 3.8) is 0 Å². The summed E-state index contributed by atoms with van der Waals surface area (Å²) in [4.78, 5) is 11.4. The van der Waals surface area contributed by atoms with Crippen molar-refractivity contribution >= 4 is 30.7 Å². The number of carbonyl (C=O) groups excluding carboxylic acids is 1. The van der Waals surface area contributed by atoms with Gasteiger partial charge >= 0.3 is 0 Å². The monoisotopic (exact) mass is 257 g/mol. The molecule has 1 saturated carbocycles. The van der Waals surface area contributed by atoms with E-state index < -0.39 is 0 Å². The van der Waals surface area contributed by atoms with Gasteiger partial charge in [0.15, 0.2) is 0 Å². The Hall–Kier alpha value is -0.0300. The molecular formula is C9H21Cl2N3O. The van der Waals surface area contributed by atoms with Crippen LogP contribution in [-0.2, 0) is 4.79 Å². The fourth-order valence-corrected chi connectivity index (χ4v) is 1.10. The SMILES string of the molecule is CC(C)(N)CNC(=O)[C@@H](N)C1CC1.Cl.Cl. The van der Waals surface area contributed by atoms with Crippen LogP contribution < -0.4 is 16.8 Å². The third kappa shape index (κ3) is 6.95. The van der Waals surface area contributed by atoms with Gasteiger partial charge in [-0.25, -0.2) is 0 Å². The third-order valence-electron chi connectivity index (χ3n) is 2.15. The first-order chi connectivity index (χ1) is 5.90. The number of nitrogens with two attached hydrogens (primary N) is 2. The minimum atomic E-state index is -0.362. The van der Waals surface area contributed by atoms with Gasteiger partial charge in [-0.15, -0.1) is 24.8 Å². The first kappa shape index (κ1) is 17.4. The van der Waals surface area contributed by atoms with E-state index in [0.29, 0.717) is 12.5 Å². The topological polar surface area (TPSA) is 81.1 Å². The lowest BCUT2D eigenvalue weighted by molar-refractivity contribution is -0.123. The summed E-state index contributed by atoms with van der Waals surface area (Å²) in [6.45, 7) is 4.22.